The molecule has 6 heteroatoms. The third-order valence-electron chi connectivity index (χ3n) is 6.43. The molecule has 1 amide bonds. The molecule has 26 heavy (non-hydrogen) atoms. The molecule has 0 aromatic carbocycles. The van der Waals surface area contributed by atoms with E-state index in [1.54, 1.807) is 0 Å². The molecule has 0 aliphatic carbocycles. The van der Waals surface area contributed by atoms with E-state index in [1.165, 1.54) is 13.1 Å². The number of carbonyl (C=O) groups excluding carboxylic acids is 1. The van der Waals surface area contributed by atoms with Crippen LogP contribution in [0.5, 0.6) is 0 Å². The van der Waals surface area contributed by atoms with Crippen LogP contribution in [0.2, 0.25) is 0 Å². The van der Waals surface area contributed by atoms with Crippen LogP contribution in [0, 0.1) is 24.7 Å². The zero-order valence-electron chi connectivity index (χ0n) is 16.3. The van der Waals surface area contributed by atoms with Gasteiger partial charge in [0.2, 0.25) is 5.91 Å². The predicted molar refractivity (Wildman–Crippen MR) is 102 cm³/mol. The maximum absolute atomic E-state index is 12.2. The van der Waals surface area contributed by atoms with E-state index in [4.69, 9.17) is 0 Å². The summed E-state index contributed by atoms with van der Waals surface area (Å²) in [6.07, 6.45) is 6.19. The van der Waals surface area contributed by atoms with Crippen molar-refractivity contribution in [3.05, 3.63) is 18.2 Å². The van der Waals surface area contributed by atoms with Crippen LogP contribution in [-0.2, 0) is 4.79 Å². The third-order valence-corrected chi connectivity index (χ3v) is 6.43. The van der Waals surface area contributed by atoms with Crippen molar-refractivity contribution in [2.24, 2.45) is 17.8 Å². The number of amides is 1. The minimum absolute atomic E-state index is 0.120. The second-order valence-electron chi connectivity index (χ2n) is 8.58. The Morgan fingerprint density at radius 2 is 1.62 bits per heavy atom. The Morgan fingerprint density at radius 1 is 1.04 bits per heavy atom. The highest BCUT2D eigenvalue weighted by Gasteiger charge is 2.42. The Kier molecular flexibility index (Phi) is 4.86. The fraction of sp³-hybridized carbons (Fsp3) is 0.750. The maximum atomic E-state index is 12.2. The Labute approximate surface area is 156 Å². The first-order chi connectivity index (χ1) is 12.5. The Hall–Kier alpha value is -1.69. The second kappa shape index (κ2) is 7.14. The zero-order chi connectivity index (χ0) is 18.3. The van der Waals surface area contributed by atoms with E-state index in [9.17, 15) is 4.79 Å². The fourth-order valence-electron chi connectivity index (χ4n) is 4.90. The number of anilines is 1. The minimum atomic E-state index is 0.120. The number of piperidine rings is 1. The van der Waals surface area contributed by atoms with Gasteiger partial charge in [0.15, 0.2) is 0 Å². The van der Waals surface area contributed by atoms with Gasteiger partial charge in [-0.1, -0.05) is 13.8 Å². The van der Waals surface area contributed by atoms with Crippen LogP contribution >= 0.6 is 0 Å². The van der Waals surface area contributed by atoms with Gasteiger partial charge in [-0.3, -0.25) is 9.69 Å². The lowest BCUT2D eigenvalue weighted by Gasteiger charge is -2.38. The summed E-state index contributed by atoms with van der Waals surface area (Å²) in [6.45, 7) is 12.5. The van der Waals surface area contributed by atoms with Gasteiger partial charge in [0.05, 0.1) is 18.1 Å². The third kappa shape index (κ3) is 3.43. The van der Waals surface area contributed by atoms with Crippen molar-refractivity contribution >= 4 is 11.6 Å². The minimum Gasteiger partial charge on any atom is -0.368 e. The van der Waals surface area contributed by atoms with Crippen LogP contribution in [0.15, 0.2) is 12.4 Å². The molecular formula is C20H31N5O. The number of hydrogen-bond acceptors (Lipinski definition) is 5. The molecule has 142 valence electrons. The molecule has 0 N–H and O–H groups in total. The normalized spacial score (nSPS) is 27.4. The number of likely N-dealkylation sites (tertiary alicyclic amines) is 2. The van der Waals surface area contributed by atoms with E-state index in [-0.39, 0.29) is 5.92 Å². The Morgan fingerprint density at radius 3 is 2.15 bits per heavy atom. The zero-order valence-corrected chi connectivity index (χ0v) is 16.3. The summed E-state index contributed by atoms with van der Waals surface area (Å²) in [5.74, 6) is 2.78. The first kappa shape index (κ1) is 17.7. The van der Waals surface area contributed by atoms with Crippen molar-refractivity contribution in [2.45, 2.75) is 39.7 Å². The lowest BCUT2D eigenvalue weighted by molar-refractivity contribution is -0.136. The van der Waals surface area contributed by atoms with E-state index in [1.807, 2.05) is 33.2 Å². The van der Waals surface area contributed by atoms with E-state index in [0.29, 0.717) is 11.9 Å². The Bertz CT molecular complexity index is 624. The van der Waals surface area contributed by atoms with Gasteiger partial charge in [-0.15, -0.1) is 0 Å². The largest absolute Gasteiger partial charge is 0.368 e. The molecule has 0 unspecified atom stereocenters. The molecule has 3 fully saturated rings. The van der Waals surface area contributed by atoms with Crippen molar-refractivity contribution in [2.75, 3.05) is 44.2 Å². The molecule has 4 heterocycles. The van der Waals surface area contributed by atoms with Gasteiger partial charge in [-0.25, -0.2) is 9.97 Å². The lowest BCUT2D eigenvalue weighted by atomic mass is 10.0. The van der Waals surface area contributed by atoms with Gasteiger partial charge in [0, 0.05) is 51.2 Å². The molecule has 4 rings (SSSR count). The molecular weight excluding hydrogens is 326 g/mol. The Balaban J connectivity index is 1.29. The van der Waals surface area contributed by atoms with Gasteiger partial charge in [0.1, 0.15) is 5.82 Å². The SMILES string of the molecule is Cc1ncc(N2C[C@@H]3CN(C4CCN(C(=O)C(C)C)CC4)C[C@@H]3C2)cn1. The molecule has 6 nitrogen and oxygen atoms in total. The first-order valence-electron chi connectivity index (χ1n) is 10.1. The number of nitrogens with zero attached hydrogens (tertiary/aromatic N) is 5. The van der Waals surface area contributed by atoms with Crippen LogP contribution in [0.3, 0.4) is 0 Å². The van der Waals surface area contributed by atoms with Crippen LogP contribution in [0.1, 0.15) is 32.5 Å². The van der Waals surface area contributed by atoms with E-state index < -0.39 is 0 Å². The molecule has 3 aliphatic heterocycles. The van der Waals surface area contributed by atoms with E-state index in [0.717, 1.165) is 62.4 Å². The van der Waals surface area contributed by atoms with Gasteiger partial charge in [-0.05, 0) is 31.6 Å². The van der Waals surface area contributed by atoms with Crippen LogP contribution in [0.25, 0.3) is 0 Å². The molecule has 0 bridgehead atoms. The van der Waals surface area contributed by atoms with Gasteiger partial charge in [0.25, 0.3) is 0 Å². The maximum Gasteiger partial charge on any atom is 0.225 e. The summed E-state index contributed by atoms with van der Waals surface area (Å²) in [7, 11) is 0. The van der Waals surface area contributed by atoms with Gasteiger partial charge in [-0.2, -0.15) is 0 Å². The monoisotopic (exact) mass is 357 g/mol. The summed E-state index contributed by atoms with van der Waals surface area (Å²) >= 11 is 0. The van der Waals surface area contributed by atoms with Crippen molar-refractivity contribution in [3.63, 3.8) is 0 Å². The molecule has 2 atom stereocenters. The number of carbonyl (C=O) groups is 1. The summed E-state index contributed by atoms with van der Waals surface area (Å²) in [5, 5.41) is 0. The standard InChI is InChI=1S/C20H31N5O/c1-14(2)20(26)23-6-4-18(5-7-23)24-10-16-12-25(13-17(16)11-24)19-8-21-15(3)22-9-19/h8-9,14,16-18H,4-7,10-13H2,1-3H3/t16-,17+. The van der Waals surface area contributed by atoms with Crippen molar-refractivity contribution < 1.29 is 4.79 Å². The fourth-order valence-corrected chi connectivity index (χ4v) is 4.90. The summed E-state index contributed by atoms with van der Waals surface area (Å²) in [4.78, 5) is 28.1. The van der Waals surface area contributed by atoms with E-state index >= 15 is 0 Å². The molecule has 1 aromatic rings. The van der Waals surface area contributed by atoms with Gasteiger partial charge >= 0.3 is 0 Å². The summed E-state index contributed by atoms with van der Waals surface area (Å²) in [6, 6.07) is 0.660. The molecule has 0 saturated carbocycles. The van der Waals surface area contributed by atoms with Gasteiger partial charge < -0.3 is 9.80 Å². The highest BCUT2D eigenvalue weighted by molar-refractivity contribution is 5.78. The molecule has 0 spiro atoms. The second-order valence-corrected chi connectivity index (χ2v) is 8.58. The van der Waals surface area contributed by atoms with Crippen LogP contribution in [0.4, 0.5) is 5.69 Å². The quantitative estimate of drug-likeness (QED) is 0.826. The van der Waals surface area contributed by atoms with Crippen molar-refractivity contribution in [1.29, 1.82) is 0 Å². The number of aromatic nitrogens is 2. The number of hydrogen-bond donors (Lipinski definition) is 0. The highest BCUT2D eigenvalue weighted by Crippen LogP contribution is 2.35. The topological polar surface area (TPSA) is 52.6 Å². The van der Waals surface area contributed by atoms with Crippen molar-refractivity contribution in [3.8, 4) is 0 Å². The predicted octanol–water partition coefficient (Wildman–Crippen LogP) is 1.80. The molecule has 0 radical (unpaired) electrons. The summed E-state index contributed by atoms with van der Waals surface area (Å²) < 4.78 is 0. The molecule has 1 aromatic heterocycles. The molecule has 3 saturated heterocycles. The number of aryl methyl sites for hydroxylation is 1. The number of fused-ring (bicyclic) bond motifs is 1. The first-order valence-corrected chi connectivity index (χ1v) is 10.1. The average Bonchev–Trinajstić information content (AvgIpc) is 3.21. The average molecular weight is 358 g/mol. The highest BCUT2D eigenvalue weighted by atomic mass is 16.2. The van der Waals surface area contributed by atoms with Crippen LogP contribution < -0.4 is 4.90 Å². The van der Waals surface area contributed by atoms with Crippen molar-refractivity contribution in [1.82, 2.24) is 19.8 Å². The molecule has 3 aliphatic rings. The van der Waals surface area contributed by atoms with Crippen LogP contribution in [-0.4, -0.2) is 71.0 Å². The van der Waals surface area contributed by atoms with E-state index in [2.05, 4.69) is 24.7 Å². The number of rotatable bonds is 3. The smallest absolute Gasteiger partial charge is 0.225 e. The summed E-state index contributed by atoms with van der Waals surface area (Å²) in [5.41, 5.74) is 1.16. The lowest BCUT2D eigenvalue weighted by Crippen LogP contribution is -2.47.